The van der Waals surface area contributed by atoms with Crippen molar-refractivity contribution in [3.8, 4) is 0 Å². The van der Waals surface area contributed by atoms with Gasteiger partial charge in [0.05, 0.1) is 6.61 Å². The summed E-state index contributed by atoms with van der Waals surface area (Å²) in [4.78, 5) is 11.1. The zero-order valence-corrected chi connectivity index (χ0v) is 12.7. The van der Waals surface area contributed by atoms with Gasteiger partial charge in [-0.05, 0) is 38.6 Å². The van der Waals surface area contributed by atoms with Crippen molar-refractivity contribution in [1.82, 2.24) is 14.9 Å². The summed E-state index contributed by atoms with van der Waals surface area (Å²) in [7, 11) is 0. The van der Waals surface area contributed by atoms with Crippen LogP contribution in [-0.4, -0.2) is 52.3 Å². The van der Waals surface area contributed by atoms with E-state index >= 15 is 0 Å². The first-order valence-corrected chi connectivity index (χ1v) is 8.27. The molecule has 0 radical (unpaired) electrons. The van der Waals surface area contributed by atoms with Gasteiger partial charge >= 0.3 is 0 Å². The number of hydrogen-bond acceptors (Lipinski definition) is 5. The van der Waals surface area contributed by atoms with Crippen LogP contribution in [0.3, 0.4) is 0 Å². The smallest absolute Gasteiger partial charge is 0.129 e. The Hall–Kier alpha value is -1.20. The number of aliphatic hydroxyl groups is 1. The molecule has 5 nitrogen and oxygen atoms in total. The van der Waals surface area contributed by atoms with Crippen LogP contribution < -0.4 is 5.32 Å². The minimum absolute atomic E-state index is 0.296. The predicted octanol–water partition coefficient (Wildman–Crippen LogP) is 2.00. The Balaban J connectivity index is 1.40. The van der Waals surface area contributed by atoms with Crippen molar-refractivity contribution in [2.45, 2.75) is 50.5 Å². The molecule has 1 aliphatic carbocycles. The summed E-state index contributed by atoms with van der Waals surface area (Å²) in [5.74, 6) is 1.62. The minimum Gasteiger partial charge on any atom is -0.395 e. The molecular formula is C16H26N4O. The van der Waals surface area contributed by atoms with Crippen LogP contribution >= 0.6 is 0 Å². The van der Waals surface area contributed by atoms with Gasteiger partial charge in [0.2, 0.25) is 0 Å². The highest BCUT2D eigenvalue weighted by Gasteiger charge is 2.25. The third-order valence-corrected chi connectivity index (χ3v) is 4.57. The molecule has 1 aromatic rings. The van der Waals surface area contributed by atoms with Gasteiger partial charge in [0, 0.05) is 36.8 Å². The lowest BCUT2D eigenvalue weighted by Gasteiger charge is -2.34. The largest absolute Gasteiger partial charge is 0.395 e. The molecule has 0 unspecified atom stereocenters. The Morgan fingerprint density at radius 2 is 2.14 bits per heavy atom. The average molecular weight is 290 g/mol. The standard InChI is InChI=1S/C16H26N4O/c21-11-14-4-1-2-8-20(14)9-3-7-17-16-10-15(13-5-6-13)18-12-19-16/h10,12-14,21H,1-9,11H2,(H,17,18,19)/t14-/m0/s1. The second-order valence-corrected chi connectivity index (χ2v) is 6.25. The molecule has 0 aromatic carbocycles. The van der Waals surface area contributed by atoms with Crippen LogP contribution in [0.15, 0.2) is 12.4 Å². The normalized spacial score (nSPS) is 23.2. The highest BCUT2D eigenvalue weighted by atomic mass is 16.3. The lowest BCUT2D eigenvalue weighted by atomic mass is 10.0. The van der Waals surface area contributed by atoms with Crippen molar-refractivity contribution < 1.29 is 5.11 Å². The van der Waals surface area contributed by atoms with Gasteiger partial charge < -0.3 is 10.4 Å². The average Bonchev–Trinajstić information content (AvgIpc) is 3.37. The van der Waals surface area contributed by atoms with E-state index in [0.29, 0.717) is 18.6 Å². The maximum atomic E-state index is 9.41. The fourth-order valence-corrected chi connectivity index (χ4v) is 3.13. The Bertz CT molecular complexity index is 450. The number of likely N-dealkylation sites (tertiary alicyclic amines) is 1. The van der Waals surface area contributed by atoms with Crippen molar-refractivity contribution in [2.75, 3.05) is 31.6 Å². The molecule has 5 heteroatoms. The molecule has 0 spiro atoms. The van der Waals surface area contributed by atoms with E-state index in [1.807, 2.05) is 0 Å². The molecule has 1 saturated carbocycles. The van der Waals surface area contributed by atoms with E-state index in [4.69, 9.17) is 0 Å². The number of anilines is 1. The number of nitrogens with zero attached hydrogens (tertiary/aromatic N) is 3. The van der Waals surface area contributed by atoms with Crippen molar-refractivity contribution in [2.24, 2.45) is 0 Å². The topological polar surface area (TPSA) is 61.3 Å². The molecule has 0 bridgehead atoms. The van der Waals surface area contributed by atoms with Gasteiger partial charge in [-0.2, -0.15) is 0 Å². The summed E-state index contributed by atoms with van der Waals surface area (Å²) in [5.41, 5.74) is 1.18. The lowest BCUT2D eigenvalue weighted by molar-refractivity contribution is 0.0901. The number of aliphatic hydroxyl groups excluding tert-OH is 1. The van der Waals surface area contributed by atoms with E-state index in [1.54, 1.807) is 6.33 Å². The highest BCUT2D eigenvalue weighted by molar-refractivity contribution is 5.36. The zero-order chi connectivity index (χ0) is 14.5. The second kappa shape index (κ2) is 7.18. The van der Waals surface area contributed by atoms with E-state index in [1.165, 1.54) is 31.4 Å². The molecular weight excluding hydrogens is 264 g/mol. The monoisotopic (exact) mass is 290 g/mol. The maximum absolute atomic E-state index is 9.41. The van der Waals surface area contributed by atoms with Crippen LogP contribution in [0.2, 0.25) is 0 Å². The molecule has 2 aliphatic rings. The lowest BCUT2D eigenvalue weighted by Crippen LogP contribution is -2.42. The third kappa shape index (κ3) is 4.14. The Morgan fingerprint density at radius 3 is 2.95 bits per heavy atom. The van der Waals surface area contributed by atoms with Gasteiger partial charge in [-0.15, -0.1) is 0 Å². The van der Waals surface area contributed by atoms with E-state index in [0.717, 1.165) is 38.3 Å². The third-order valence-electron chi connectivity index (χ3n) is 4.57. The molecule has 2 N–H and O–H groups in total. The summed E-state index contributed by atoms with van der Waals surface area (Å²) in [6.07, 6.45) is 8.95. The SMILES string of the molecule is OC[C@@H]1CCCCN1CCCNc1cc(C2CC2)ncn1. The van der Waals surface area contributed by atoms with Crippen LogP contribution in [0.1, 0.15) is 50.1 Å². The van der Waals surface area contributed by atoms with Crippen molar-refractivity contribution in [1.29, 1.82) is 0 Å². The van der Waals surface area contributed by atoms with Crippen LogP contribution in [-0.2, 0) is 0 Å². The van der Waals surface area contributed by atoms with Gasteiger partial charge in [0.25, 0.3) is 0 Å². The van der Waals surface area contributed by atoms with E-state index in [-0.39, 0.29) is 0 Å². The van der Waals surface area contributed by atoms with Gasteiger partial charge in [0.1, 0.15) is 12.1 Å². The molecule has 1 aromatic heterocycles. The number of piperidine rings is 1. The first-order valence-electron chi connectivity index (χ1n) is 8.27. The molecule has 3 rings (SSSR count). The quantitative estimate of drug-likeness (QED) is 0.752. The summed E-state index contributed by atoms with van der Waals surface area (Å²) < 4.78 is 0. The van der Waals surface area contributed by atoms with E-state index in [9.17, 15) is 5.11 Å². The molecule has 2 fully saturated rings. The number of nitrogens with one attached hydrogen (secondary N) is 1. The van der Waals surface area contributed by atoms with Crippen molar-refractivity contribution >= 4 is 5.82 Å². The highest BCUT2D eigenvalue weighted by Crippen LogP contribution is 2.39. The first kappa shape index (κ1) is 14.7. The molecule has 0 amide bonds. The van der Waals surface area contributed by atoms with Crippen LogP contribution in [0, 0.1) is 0 Å². The van der Waals surface area contributed by atoms with Crippen LogP contribution in [0.4, 0.5) is 5.82 Å². The van der Waals surface area contributed by atoms with E-state index in [2.05, 4.69) is 26.3 Å². The number of hydrogen-bond donors (Lipinski definition) is 2. The summed E-state index contributed by atoms with van der Waals surface area (Å²) >= 11 is 0. The summed E-state index contributed by atoms with van der Waals surface area (Å²) in [5, 5.41) is 12.8. The van der Waals surface area contributed by atoms with Crippen LogP contribution in [0.5, 0.6) is 0 Å². The Morgan fingerprint density at radius 1 is 1.24 bits per heavy atom. The van der Waals surface area contributed by atoms with Gasteiger partial charge in [-0.25, -0.2) is 9.97 Å². The van der Waals surface area contributed by atoms with Crippen molar-refractivity contribution in [3.63, 3.8) is 0 Å². The molecule has 21 heavy (non-hydrogen) atoms. The summed E-state index contributed by atoms with van der Waals surface area (Å²) in [6, 6.07) is 2.47. The van der Waals surface area contributed by atoms with Gasteiger partial charge in [-0.1, -0.05) is 6.42 Å². The number of rotatable bonds is 7. The van der Waals surface area contributed by atoms with Gasteiger partial charge in [0.15, 0.2) is 0 Å². The Labute approximate surface area is 126 Å². The maximum Gasteiger partial charge on any atom is 0.129 e. The zero-order valence-electron chi connectivity index (χ0n) is 12.7. The summed E-state index contributed by atoms with van der Waals surface area (Å²) in [6.45, 7) is 3.41. The molecule has 1 atom stereocenters. The fraction of sp³-hybridized carbons (Fsp3) is 0.750. The second-order valence-electron chi connectivity index (χ2n) is 6.25. The van der Waals surface area contributed by atoms with Gasteiger partial charge in [-0.3, -0.25) is 4.90 Å². The van der Waals surface area contributed by atoms with Crippen molar-refractivity contribution in [3.05, 3.63) is 18.1 Å². The Kier molecular flexibility index (Phi) is 5.04. The van der Waals surface area contributed by atoms with E-state index < -0.39 is 0 Å². The molecule has 1 aliphatic heterocycles. The van der Waals surface area contributed by atoms with Crippen LogP contribution in [0.25, 0.3) is 0 Å². The first-order chi connectivity index (χ1) is 10.4. The molecule has 2 heterocycles. The molecule has 1 saturated heterocycles. The predicted molar refractivity (Wildman–Crippen MR) is 83.4 cm³/mol. The minimum atomic E-state index is 0.296. The molecule has 116 valence electrons. The number of aromatic nitrogens is 2. The fourth-order valence-electron chi connectivity index (χ4n) is 3.13.